The molecule has 116 valence electrons. The Morgan fingerprint density at radius 3 is 3.09 bits per heavy atom. The van der Waals surface area contributed by atoms with Crippen LogP contribution in [0.15, 0.2) is 24.5 Å². The Bertz CT molecular complexity index is 686. The summed E-state index contributed by atoms with van der Waals surface area (Å²) < 4.78 is 11.0. The normalized spacial score (nSPS) is 18.3. The second-order valence-corrected chi connectivity index (χ2v) is 4.97. The summed E-state index contributed by atoms with van der Waals surface area (Å²) in [6.45, 7) is 1.58. The van der Waals surface area contributed by atoms with Crippen LogP contribution in [0.1, 0.15) is 0 Å². The summed E-state index contributed by atoms with van der Waals surface area (Å²) in [5.41, 5.74) is 0.812. The van der Waals surface area contributed by atoms with Gasteiger partial charge in [0, 0.05) is 13.6 Å². The smallest absolute Gasteiger partial charge is 0.250 e. The molecule has 1 atom stereocenters. The Kier molecular flexibility index (Phi) is 4.06. The lowest BCUT2D eigenvalue weighted by molar-refractivity contribution is -0.132. The SMILES string of the molecule is CNC(=O)C1CN(c2ncnc3cccc(OC)c23)CCO1. The monoisotopic (exact) mass is 302 g/mol. The third-order valence-electron chi connectivity index (χ3n) is 3.73. The number of methoxy groups -OCH3 is 1. The van der Waals surface area contributed by atoms with E-state index in [1.165, 1.54) is 6.33 Å². The number of carbonyl (C=O) groups excluding carboxylic acids is 1. The van der Waals surface area contributed by atoms with Crippen molar-refractivity contribution in [3.8, 4) is 5.75 Å². The number of amides is 1. The second kappa shape index (κ2) is 6.15. The van der Waals surface area contributed by atoms with Gasteiger partial charge in [-0.3, -0.25) is 4.79 Å². The zero-order chi connectivity index (χ0) is 15.5. The summed E-state index contributed by atoms with van der Waals surface area (Å²) in [5, 5.41) is 3.47. The molecular formula is C15H18N4O3. The first-order chi connectivity index (χ1) is 10.7. The molecule has 0 bridgehead atoms. The van der Waals surface area contributed by atoms with E-state index in [-0.39, 0.29) is 5.91 Å². The van der Waals surface area contributed by atoms with E-state index in [2.05, 4.69) is 15.3 Å². The van der Waals surface area contributed by atoms with Crippen LogP contribution in [0.2, 0.25) is 0 Å². The summed E-state index contributed by atoms with van der Waals surface area (Å²) in [6.07, 6.45) is 1.03. The maximum atomic E-state index is 11.8. The summed E-state index contributed by atoms with van der Waals surface area (Å²) in [7, 11) is 3.23. The molecule has 3 rings (SSSR count). The highest BCUT2D eigenvalue weighted by atomic mass is 16.5. The fourth-order valence-corrected chi connectivity index (χ4v) is 2.63. The molecule has 0 radical (unpaired) electrons. The van der Waals surface area contributed by atoms with Crippen molar-refractivity contribution in [2.75, 3.05) is 38.8 Å². The van der Waals surface area contributed by atoms with E-state index >= 15 is 0 Å². The van der Waals surface area contributed by atoms with Crippen molar-refractivity contribution >= 4 is 22.6 Å². The molecule has 7 nitrogen and oxygen atoms in total. The Labute approximate surface area is 128 Å². The van der Waals surface area contributed by atoms with Crippen LogP contribution in [0.5, 0.6) is 5.75 Å². The molecule has 1 unspecified atom stereocenters. The summed E-state index contributed by atoms with van der Waals surface area (Å²) in [6, 6.07) is 5.69. The molecule has 1 aromatic heterocycles. The van der Waals surface area contributed by atoms with E-state index in [0.29, 0.717) is 19.7 Å². The minimum absolute atomic E-state index is 0.130. The minimum atomic E-state index is -0.501. The number of ether oxygens (including phenoxy) is 2. The van der Waals surface area contributed by atoms with Gasteiger partial charge in [0.1, 0.15) is 17.9 Å². The molecule has 2 aromatic rings. The van der Waals surface area contributed by atoms with E-state index in [9.17, 15) is 4.79 Å². The highest BCUT2D eigenvalue weighted by Gasteiger charge is 2.28. The van der Waals surface area contributed by atoms with Crippen LogP contribution in [0.25, 0.3) is 10.9 Å². The molecule has 7 heteroatoms. The molecule has 1 aliphatic rings. The van der Waals surface area contributed by atoms with Crippen LogP contribution in [-0.4, -0.2) is 55.8 Å². The highest BCUT2D eigenvalue weighted by molar-refractivity contribution is 5.95. The van der Waals surface area contributed by atoms with E-state index in [1.54, 1.807) is 14.2 Å². The Morgan fingerprint density at radius 1 is 1.45 bits per heavy atom. The summed E-state index contributed by atoms with van der Waals surface area (Å²) in [4.78, 5) is 22.5. The highest BCUT2D eigenvalue weighted by Crippen LogP contribution is 2.32. The topological polar surface area (TPSA) is 76.6 Å². The van der Waals surface area contributed by atoms with Gasteiger partial charge in [-0.1, -0.05) is 6.07 Å². The zero-order valence-electron chi connectivity index (χ0n) is 12.6. The average molecular weight is 302 g/mol. The number of benzene rings is 1. The summed E-state index contributed by atoms with van der Waals surface area (Å²) in [5.74, 6) is 1.35. The van der Waals surface area contributed by atoms with Crippen LogP contribution < -0.4 is 15.0 Å². The van der Waals surface area contributed by atoms with E-state index in [1.807, 2.05) is 23.1 Å². The van der Waals surface area contributed by atoms with Gasteiger partial charge in [-0.25, -0.2) is 9.97 Å². The van der Waals surface area contributed by atoms with Crippen LogP contribution in [0.4, 0.5) is 5.82 Å². The van der Waals surface area contributed by atoms with Crippen LogP contribution >= 0.6 is 0 Å². The minimum Gasteiger partial charge on any atom is -0.496 e. The molecule has 1 aromatic carbocycles. The van der Waals surface area contributed by atoms with Gasteiger partial charge in [0.25, 0.3) is 5.91 Å². The number of carbonyl (C=O) groups is 1. The molecule has 2 heterocycles. The number of nitrogens with one attached hydrogen (secondary N) is 1. The van der Waals surface area contributed by atoms with Gasteiger partial charge < -0.3 is 19.7 Å². The average Bonchev–Trinajstić information content (AvgIpc) is 2.60. The molecule has 1 aliphatic heterocycles. The lowest BCUT2D eigenvalue weighted by atomic mass is 10.1. The van der Waals surface area contributed by atoms with Crippen molar-refractivity contribution in [3.05, 3.63) is 24.5 Å². The number of fused-ring (bicyclic) bond motifs is 1. The van der Waals surface area contributed by atoms with E-state index < -0.39 is 6.10 Å². The molecule has 0 saturated carbocycles. The van der Waals surface area contributed by atoms with Gasteiger partial charge in [0.2, 0.25) is 0 Å². The molecule has 22 heavy (non-hydrogen) atoms. The summed E-state index contributed by atoms with van der Waals surface area (Å²) >= 11 is 0. The third kappa shape index (κ3) is 2.55. The Balaban J connectivity index is 2.01. The number of morpholine rings is 1. The molecule has 1 amide bonds. The number of likely N-dealkylation sites (N-methyl/N-ethyl adjacent to an activating group) is 1. The number of aromatic nitrogens is 2. The number of nitrogens with zero attached hydrogens (tertiary/aromatic N) is 3. The lowest BCUT2D eigenvalue weighted by Gasteiger charge is -2.33. The number of hydrogen-bond donors (Lipinski definition) is 1. The second-order valence-electron chi connectivity index (χ2n) is 4.97. The van der Waals surface area contributed by atoms with Crippen molar-refractivity contribution in [3.63, 3.8) is 0 Å². The van der Waals surface area contributed by atoms with Gasteiger partial charge in [0.05, 0.1) is 31.2 Å². The lowest BCUT2D eigenvalue weighted by Crippen LogP contribution is -2.49. The van der Waals surface area contributed by atoms with Crippen molar-refractivity contribution in [1.82, 2.24) is 15.3 Å². The van der Waals surface area contributed by atoms with Crippen molar-refractivity contribution in [2.45, 2.75) is 6.10 Å². The zero-order valence-corrected chi connectivity index (χ0v) is 12.6. The molecule has 0 aliphatic carbocycles. The standard InChI is InChI=1S/C15H18N4O3/c1-16-15(20)12-8-19(6-7-22-12)14-13-10(17-9-18-14)4-3-5-11(13)21-2/h3-5,9,12H,6-8H2,1-2H3,(H,16,20). The first-order valence-corrected chi connectivity index (χ1v) is 7.10. The van der Waals surface area contributed by atoms with Gasteiger partial charge in [0.15, 0.2) is 6.10 Å². The first kappa shape index (κ1) is 14.5. The largest absolute Gasteiger partial charge is 0.496 e. The van der Waals surface area contributed by atoms with E-state index in [4.69, 9.17) is 9.47 Å². The first-order valence-electron chi connectivity index (χ1n) is 7.10. The van der Waals surface area contributed by atoms with Crippen molar-refractivity contribution in [2.24, 2.45) is 0 Å². The fraction of sp³-hybridized carbons (Fsp3) is 0.400. The number of rotatable bonds is 3. The predicted octanol–water partition coefficient (Wildman–Crippen LogP) is 0.590. The quantitative estimate of drug-likeness (QED) is 0.894. The van der Waals surface area contributed by atoms with Crippen LogP contribution in [0, 0.1) is 0 Å². The van der Waals surface area contributed by atoms with E-state index in [0.717, 1.165) is 22.5 Å². The van der Waals surface area contributed by atoms with Gasteiger partial charge in [-0.05, 0) is 12.1 Å². The van der Waals surface area contributed by atoms with Crippen molar-refractivity contribution in [1.29, 1.82) is 0 Å². The number of anilines is 1. The third-order valence-corrected chi connectivity index (χ3v) is 3.73. The number of hydrogen-bond acceptors (Lipinski definition) is 6. The Morgan fingerprint density at radius 2 is 2.32 bits per heavy atom. The molecule has 1 N–H and O–H groups in total. The molecule has 1 saturated heterocycles. The van der Waals surface area contributed by atoms with Gasteiger partial charge >= 0.3 is 0 Å². The van der Waals surface area contributed by atoms with Crippen LogP contribution in [-0.2, 0) is 9.53 Å². The Hall–Kier alpha value is -2.41. The fourth-order valence-electron chi connectivity index (χ4n) is 2.63. The molecule has 0 spiro atoms. The predicted molar refractivity (Wildman–Crippen MR) is 82.1 cm³/mol. The maximum Gasteiger partial charge on any atom is 0.250 e. The molecular weight excluding hydrogens is 284 g/mol. The van der Waals surface area contributed by atoms with Gasteiger partial charge in [-0.15, -0.1) is 0 Å². The van der Waals surface area contributed by atoms with Crippen LogP contribution in [0.3, 0.4) is 0 Å². The molecule has 1 fully saturated rings. The van der Waals surface area contributed by atoms with Gasteiger partial charge in [-0.2, -0.15) is 0 Å². The van der Waals surface area contributed by atoms with Crippen molar-refractivity contribution < 1.29 is 14.3 Å². The maximum absolute atomic E-state index is 11.8.